The normalized spacial score (nSPS) is 10.3. The highest BCUT2D eigenvalue weighted by Gasteiger charge is 2.08. The predicted molar refractivity (Wildman–Crippen MR) is 75.5 cm³/mol. The lowest BCUT2D eigenvalue weighted by atomic mass is 10.2. The number of furan rings is 1. The molecule has 0 radical (unpaired) electrons. The van der Waals surface area contributed by atoms with E-state index in [9.17, 15) is 4.79 Å². The monoisotopic (exact) mass is 278 g/mol. The van der Waals surface area contributed by atoms with Crippen LogP contribution >= 0.6 is 11.6 Å². The van der Waals surface area contributed by atoms with Crippen LogP contribution in [-0.2, 0) is 6.54 Å². The molecule has 4 nitrogen and oxygen atoms in total. The Morgan fingerprint density at radius 2 is 2.11 bits per heavy atom. The highest BCUT2D eigenvalue weighted by Crippen LogP contribution is 2.16. The number of nitrogens with zero attached hydrogens (tertiary/aromatic N) is 1. The van der Waals surface area contributed by atoms with Crippen molar-refractivity contribution in [1.29, 1.82) is 0 Å². The largest absolute Gasteiger partial charge is 0.448 e. The van der Waals surface area contributed by atoms with Crippen LogP contribution in [0.4, 0.5) is 5.69 Å². The van der Waals surface area contributed by atoms with Crippen LogP contribution < -0.4 is 5.32 Å². The van der Waals surface area contributed by atoms with Crippen molar-refractivity contribution in [2.24, 2.45) is 0 Å². The molecule has 0 saturated heterocycles. The Kier molecular flexibility index (Phi) is 4.12. The third kappa shape index (κ3) is 3.51. The van der Waals surface area contributed by atoms with Gasteiger partial charge in [-0.15, -0.1) is 0 Å². The second-order valence-corrected chi connectivity index (χ2v) is 4.71. The van der Waals surface area contributed by atoms with Crippen molar-refractivity contribution in [3.8, 4) is 0 Å². The Morgan fingerprint density at radius 1 is 1.32 bits per heavy atom. The van der Waals surface area contributed by atoms with Crippen molar-refractivity contribution >= 4 is 23.2 Å². The fraction of sp³-hybridized carbons (Fsp3) is 0.214. The van der Waals surface area contributed by atoms with E-state index in [1.807, 2.05) is 24.3 Å². The molecule has 0 atom stereocenters. The Labute approximate surface area is 117 Å². The molecule has 1 N–H and O–H groups in total. The Bertz CT molecular complexity index is 578. The van der Waals surface area contributed by atoms with Crippen LogP contribution in [-0.4, -0.2) is 24.9 Å². The van der Waals surface area contributed by atoms with E-state index in [0.29, 0.717) is 17.3 Å². The van der Waals surface area contributed by atoms with Gasteiger partial charge >= 0.3 is 0 Å². The molecule has 0 aliphatic rings. The molecular formula is C14H15ClN2O2. The smallest absolute Gasteiger partial charge is 0.253 e. The van der Waals surface area contributed by atoms with E-state index in [-0.39, 0.29) is 5.91 Å². The van der Waals surface area contributed by atoms with E-state index in [2.05, 4.69) is 5.32 Å². The number of carbonyl (C=O) groups is 1. The predicted octanol–water partition coefficient (Wildman–Crippen LogP) is 3.25. The SMILES string of the molecule is CN(C)C(=O)c1cccc(NCc2ccc(Cl)o2)c1. The van der Waals surface area contributed by atoms with E-state index in [0.717, 1.165) is 11.4 Å². The highest BCUT2D eigenvalue weighted by atomic mass is 35.5. The summed E-state index contributed by atoms with van der Waals surface area (Å²) >= 11 is 5.70. The molecule has 19 heavy (non-hydrogen) atoms. The Balaban J connectivity index is 2.05. The van der Waals surface area contributed by atoms with Gasteiger partial charge in [0.05, 0.1) is 6.54 Å². The van der Waals surface area contributed by atoms with Gasteiger partial charge in [0.2, 0.25) is 0 Å². The molecule has 0 bridgehead atoms. The standard InChI is InChI=1S/C14H15ClN2O2/c1-17(2)14(18)10-4-3-5-11(8-10)16-9-12-6-7-13(15)19-12/h3-8,16H,9H2,1-2H3. The fourth-order valence-electron chi connectivity index (χ4n) is 1.66. The number of carbonyl (C=O) groups excluding carboxylic acids is 1. The minimum atomic E-state index is -0.0234. The highest BCUT2D eigenvalue weighted by molar-refractivity contribution is 6.28. The molecule has 1 amide bonds. The second-order valence-electron chi connectivity index (χ2n) is 4.34. The molecular weight excluding hydrogens is 264 g/mol. The summed E-state index contributed by atoms with van der Waals surface area (Å²) in [6, 6.07) is 10.9. The minimum Gasteiger partial charge on any atom is -0.448 e. The molecule has 0 fully saturated rings. The van der Waals surface area contributed by atoms with Crippen LogP contribution in [0.3, 0.4) is 0 Å². The molecule has 0 spiro atoms. The number of hydrogen-bond acceptors (Lipinski definition) is 3. The van der Waals surface area contributed by atoms with E-state index < -0.39 is 0 Å². The van der Waals surface area contributed by atoms with Gasteiger partial charge in [0, 0.05) is 25.3 Å². The average Bonchev–Trinajstić information content (AvgIpc) is 2.81. The van der Waals surface area contributed by atoms with Crippen LogP contribution in [0.5, 0.6) is 0 Å². The van der Waals surface area contributed by atoms with Crippen LogP contribution in [0.1, 0.15) is 16.1 Å². The van der Waals surface area contributed by atoms with Gasteiger partial charge in [-0.25, -0.2) is 0 Å². The third-order valence-corrected chi connectivity index (χ3v) is 2.81. The summed E-state index contributed by atoms with van der Waals surface area (Å²) in [5, 5.41) is 3.55. The second kappa shape index (κ2) is 5.80. The van der Waals surface area contributed by atoms with Gasteiger partial charge in [-0.3, -0.25) is 4.79 Å². The maximum atomic E-state index is 11.8. The van der Waals surface area contributed by atoms with Gasteiger partial charge in [0.25, 0.3) is 5.91 Å². The Morgan fingerprint density at radius 3 is 2.74 bits per heavy atom. The van der Waals surface area contributed by atoms with E-state index >= 15 is 0 Å². The third-order valence-electron chi connectivity index (χ3n) is 2.61. The lowest BCUT2D eigenvalue weighted by molar-refractivity contribution is 0.0827. The van der Waals surface area contributed by atoms with Crippen molar-refractivity contribution in [3.63, 3.8) is 0 Å². The zero-order valence-electron chi connectivity index (χ0n) is 10.8. The molecule has 1 aromatic heterocycles. The zero-order chi connectivity index (χ0) is 13.8. The average molecular weight is 279 g/mol. The summed E-state index contributed by atoms with van der Waals surface area (Å²) in [5.74, 6) is 0.721. The van der Waals surface area contributed by atoms with Crippen LogP contribution in [0.2, 0.25) is 5.22 Å². The lowest BCUT2D eigenvalue weighted by Crippen LogP contribution is -2.21. The molecule has 1 aromatic carbocycles. The molecule has 5 heteroatoms. The van der Waals surface area contributed by atoms with E-state index in [1.54, 1.807) is 31.1 Å². The number of benzene rings is 1. The summed E-state index contributed by atoms with van der Waals surface area (Å²) in [6.07, 6.45) is 0. The minimum absolute atomic E-state index is 0.0234. The van der Waals surface area contributed by atoms with Crippen molar-refractivity contribution in [2.75, 3.05) is 19.4 Å². The summed E-state index contributed by atoms with van der Waals surface area (Å²) in [4.78, 5) is 13.4. The molecule has 1 heterocycles. The maximum Gasteiger partial charge on any atom is 0.253 e. The molecule has 100 valence electrons. The molecule has 0 aliphatic heterocycles. The number of hydrogen-bond donors (Lipinski definition) is 1. The molecule has 0 saturated carbocycles. The number of amides is 1. The first-order valence-corrected chi connectivity index (χ1v) is 6.24. The first-order valence-electron chi connectivity index (χ1n) is 5.86. The fourth-order valence-corrected chi connectivity index (χ4v) is 1.82. The summed E-state index contributed by atoms with van der Waals surface area (Å²) in [6.45, 7) is 0.520. The van der Waals surface area contributed by atoms with Crippen molar-refractivity contribution in [1.82, 2.24) is 4.90 Å². The number of halogens is 1. The van der Waals surface area contributed by atoms with Crippen LogP contribution in [0, 0.1) is 0 Å². The number of rotatable bonds is 4. The molecule has 2 rings (SSSR count). The van der Waals surface area contributed by atoms with Gasteiger partial charge in [-0.05, 0) is 41.9 Å². The first-order chi connectivity index (χ1) is 9.06. The van der Waals surface area contributed by atoms with Gasteiger partial charge in [0.15, 0.2) is 5.22 Å². The van der Waals surface area contributed by atoms with Crippen molar-refractivity contribution < 1.29 is 9.21 Å². The zero-order valence-corrected chi connectivity index (χ0v) is 11.6. The van der Waals surface area contributed by atoms with Crippen molar-refractivity contribution in [3.05, 3.63) is 52.9 Å². The summed E-state index contributed by atoms with van der Waals surface area (Å²) in [7, 11) is 3.46. The van der Waals surface area contributed by atoms with Crippen molar-refractivity contribution in [2.45, 2.75) is 6.54 Å². The summed E-state index contributed by atoms with van der Waals surface area (Å²) in [5.41, 5.74) is 1.51. The Hall–Kier alpha value is -1.94. The molecule has 2 aromatic rings. The maximum absolute atomic E-state index is 11.8. The summed E-state index contributed by atoms with van der Waals surface area (Å²) < 4.78 is 5.25. The van der Waals surface area contributed by atoms with E-state index in [4.69, 9.17) is 16.0 Å². The quantitative estimate of drug-likeness (QED) is 0.934. The number of nitrogens with one attached hydrogen (secondary N) is 1. The first kappa shape index (κ1) is 13.5. The lowest BCUT2D eigenvalue weighted by Gasteiger charge is -2.11. The van der Waals surface area contributed by atoms with Gasteiger partial charge in [-0.1, -0.05) is 6.07 Å². The molecule has 0 aliphatic carbocycles. The van der Waals surface area contributed by atoms with Crippen LogP contribution in [0.15, 0.2) is 40.8 Å². The van der Waals surface area contributed by atoms with Gasteiger partial charge in [-0.2, -0.15) is 0 Å². The topological polar surface area (TPSA) is 45.5 Å². The van der Waals surface area contributed by atoms with Gasteiger partial charge in [0.1, 0.15) is 5.76 Å². The van der Waals surface area contributed by atoms with Crippen LogP contribution in [0.25, 0.3) is 0 Å². The van der Waals surface area contributed by atoms with E-state index in [1.165, 1.54) is 0 Å². The molecule has 0 unspecified atom stereocenters. The van der Waals surface area contributed by atoms with Gasteiger partial charge < -0.3 is 14.6 Å². The number of anilines is 1.